The third kappa shape index (κ3) is 9.03. The van der Waals surface area contributed by atoms with Crippen LogP contribution in [0.5, 0.6) is 0 Å². The van der Waals surface area contributed by atoms with E-state index in [4.69, 9.17) is 0 Å². The molecular formula is C16H31F3N4. The number of nitrogens with one attached hydrogen (secondary N) is 2. The van der Waals surface area contributed by atoms with Crippen molar-refractivity contribution >= 4 is 5.96 Å². The van der Waals surface area contributed by atoms with E-state index in [1.54, 1.807) is 0 Å². The largest absolute Gasteiger partial charge is 0.390 e. The predicted octanol–water partition coefficient (Wildman–Crippen LogP) is 3.00. The van der Waals surface area contributed by atoms with Gasteiger partial charge in [0.1, 0.15) is 0 Å². The van der Waals surface area contributed by atoms with Gasteiger partial charge in [0.25, 0.3) is 0 Å². The fourth-order valence-electron chi connectivity index (χ4n) is 2.85. The second-order valence-corrected chi connectivity index (χ2v) is 6.54. The van der Waals surface area contributed by atoms with Gasteiger partial charge in [-0.3, -0.25) is 9.89 Å². The van der Waals surface area contributed by atoms with Gasteiger partial charge < -0.3 is 10.6 Å². The van der Waals surface area contributed by atoms with Gasteiger partial charge in [0.2, 0.25) is 0 Å². The molecule has 1 rings (SSSR count). The van der Waals surface area contributed by atoms with Crippen molar-refractivity contribution in [2.24, 2.45) is 10.9 Å². The third-order valence-electron chi connectivity index (χ3n) is 3.91. The first-order chi connectivity index (χ1) is 10.8. The van der Waals surface area contributed by atoms with Gasteiger partial charge in [-0.1, -0.05) is 13.8 Å². The number of nitrogens with zero attached hydrogens (tertiary/aromatic N) is 2. The predicted molar refractivity (Wildman–Crippen MR) is 88.7 cm³/mol. The van der Waals surface area contributed by atoms with Crippen LogP contribution in [0.2, 0.25) is 0 Å². The van der Waals surface area contributed by atoms with Crippen molar-refractivity contribution in [1.82, 2.24) is 15.5 Å². The van der Waals surface area contributed by atoms with E-state index < -0.39 is 12.6 Å². The zero-order valence-corrected chi connectivity index (χ0v) is 14.5. The Bertz CT molecular complexity index is 350. The van der Waals surface area contributed by atoms with E-state index in [0.29, 0.717) is 31.0 Å². The van der Waals surface area contributed by atoms with E-state index in [-0.39, 0.29) is 6.54 Å². The van der Waals surface area contributed by atoms with E-state index in [1.807, 2.05) is 6.92 Å². The van der Waals surface area contributed by atoms with Crippen LogP contribution < -0.4 is 10.6 Å². The summed E-state index contributed by atoms with van der Waals surface area (Å²) in [6.07, 6.45) is -1.48. The topological polar surface area (TPSA) is 39.7 Å². The lowest BCUT2D eigenvalue weighted by atomic mass is 10.0. The Morgan fingerprint density at radius 3 is 2.35 bits per heavy atom. The zero-order chi connectivity index (χ0) is 17.3. The molecule has 1 saturated heterocycles. The third-order valence-corrected chi connectivity index (χ3v) is 3.91. The summed E-state index contributed by atoms with van der Waals surface area (Å²) in [5.74, 6) is 1.06. The monoisotopic (exact) mass is 336 g/mol. The van der Waals surface area contributed by atoms with Crippen molar-refractivity contribution in [1.29, 1.82) is 0 Å². The quantitative estimate of drug-likeness (QED) is 0.529. The summed E-state index contributed by atoms with van der Waals surface area (Å²) in [7, 11) is 0. The van der Waals surface area contributed by atoms with Crippen molar-refractivity contribution in [3.8, 4) is 0 Å². The molecule has 0 amide bonds. The molecule has 0 aliphatic carbocycles. The Morgan fingerprint density at radius 1 is 1.17 bits per heavy atom. The van der Waals surface area contributed by atoms with E-state index >= 15 is 0 Å². The van der Waals surface area contributed by atoms with E-state index in [0.717, 1.165) is 19.5 Å². The summed E-state index contributed by atoms with van der Waals surface area (Å²) in [5.41, 5.74) is 0. The molecule has 23 heavy (non-hydrogen) atoms. The van der Waals surface area contributed by atoms with Gasteiger partial charge in [-0.25, -0.2) is 0 Å². The minimum atomic E-state index is -4.14. The highest BCUT2D eigenvalue weighted by molar-refractivity contribution is 5.79. The molecule has 0 aromatic carbocycles. The number of alkyl halides is 3. The highest BCUT2D eigenvalue weighted by atomic mass is 19.4. The Balaban J connectivity index is 2.56. The molecule has 4 nitrogen and oxygen atoms in total. The lowest BCUT2D eigenvalue weighted by Crippen LogP contribution is -2.41. The molecule has 0 radical (unpaired) electrons. The number of halogens is 3. The maximum atomic E-state index is 12.2. The molecule has 1 fully saturated rings. The summed E-state index contributed by atoms with van der Waals surface area (Å²) in [6.45, 7) is 9.62. The molecule has 1 heterocycles. The van der Waals surface area contributed by atoms with Crippen LogP contribution in [-0.2, 0) is 0 Å². The summed E-state index contributed by atoms with van der Waals surface area (Å²) in [5, 5.41) is 5.80. The van der Waals surface area contributed by atoms with Gasteiger partial charge in [0.15, 0.2) is 5.96 Å². The van der Waals surface area contributed by atoms with Crippen LogP contribution in [0.4, 0.5) is 13.2 Å². The molecule has 0 spiro atoms. The van der Waals surface area contributed by atoms with Crippen LogP contribution in [0.25, 0.3) is 0 Å². The van der Waals surface area contributed by atoms with Gasteiger partial charge in [-0.2, -0.15) is 13.2 Å². The zero-order valence-electron chi connectivity index (χ0n) is 14.5. The molecule has 1 aliphatic rings. The minimum Gasteiger partial charge on any atom is -0.357 e. The van der Waals surface area contributed by atoms with E-state index in [1.165, 1.54) is 12.8 Å². The second kappa shape index (κ2) is 10.0. The molecule has 1 unspecified atom stereocenters. The second-order valence-electron chi connectivity index (χ2n) is 6.54. The average molecular weight is 336 g/mol. The van der Waals surface area contributed by atoms with Crippen LogP contribution in [0, 0.1) is 5.92 Å². The fraction of sp³-hybridized carbons (Fsp3) is 0.938. The van der Waals surface area contributed by atoms with Crippen molar-refractivity contribution in [3.63, 3.8) is 0 Å². The lowest BCUT2D eigenvalue weighted by molar-refractivity contribution is -0.132. The van der Waals surface area contributed by atoms with E-state index in [2.05, 4.69) is 34.4 Å². The van der Waals surface area contributed by atoms with Crippen LogP contribution in [-0.4, -0.2) is 55.8 Å². The van der Waals surface area contributed by atoms with Crippen molar-refractivity contribution in [2.45, 2.75) is 58.7 Å². The summed E-state index contributed by atoms with van der Waals surface area (Å²) in [6, 6.07) is 0.371. The van der Waals surface area contributed by atoms with Crippen molar-refractivity contribution < 1.29 is 13.2 Å². The smallest absolute Gasteiger partial charge is 0.357 e. The van der Waals surface area contributed by atoms with Crippen LogP contribution in [0.1, 0.15) is 46.5 Å². The first-order valence-corrected chi connectivity index (χ1v) is 8.64. The SMILES string of the molecule is CCNC(=NCC(CC(C)C)N1CCCC1)NCCC(F)(F)F. The van der Waals surface area contributed by atoms with Crippen molar-refractivity contribution in [2.75, 3.05) is 32.7 Å². The molecular weight excluding hydrogens is 305 g/mol. The normalized spacial score (nSPS) is 18.5. The molecule has 0 aromatic heterocycles. The molecule has 1 atom stereocenters. The highest BCUT2D eigenvalue weighted by Crippen LogP contribution is 2.19. The first kappa shape index (κ1) is 20.1. The number of hydrogen-bond donors (Lipinski definition) is 2. The molecule has 0 bridgehead atoms. The fourth-order valence-corrected chi connectivity index (χ4v) is 2.85. The Labute approximate surface area is 137 Å². The maximum Gasteiger partial charge on any atom is 0.390 e. The molecule has 0 aromatic rings. The summed E-state index contributed by atoms with van der Waals surface area (Å²) < 4.78 is 36.7. The number of likely N-dealkylation sites (tertiary alicyclic amines) is 1. The molecule has 1 aliphatic heterocycles. The Morgan fingerprint density at radius 2 is 1.83 bits per heavy atom. The number of hydrogen-bond acceptors (Lipinski definition) is 2. The highest BCUT2D eigenvalue weighted by Gasteiger charge is 2.26. The average Bonchev–Trinajstić information content (AvgIpc) is 2.95. The number of rotatable bonds is 8. The van der Waals surface area contributed by atoms with E-state index in [9.17, 15) is 13.2 Å². The lowest BCUT2D eigenvalue weighted by Gasteiger charge is -2.28. The van der Waals surface area contributed by atoms with Crippen LogP contribution in [0.15, 0.2) is 4.99 Å². The van der Waals surface area contributed by atoms with Gasteiger partial charge in [0.05, 0.1) is 13.0 Å². The summed E-state index contributed by atoms with van der Waals surface area (Å²) >= 11 is 0. The van der Waals surface area contributed by atoms with Crippen LogP contribution >= 0.6 is 0 Å². The maximum absolute atomic E-state index is 12.2. The van der Waals surface area contributed by atoms with Gasteiger partial charge in [-0.05, 0) is 45.2 Å². The van der Waals surface area contributed by atoms with Crippen LogP contribution in [0.3, 0.4) is 0 Å². The minimum absolute atomic E-state index is 0.145. The summed E-state index contributed by atoms with van der Waals surface area (Å²) in [4.78, 5) is 6.98. The molecule has 7 heteroatoms. The van der Waals surface area contributed by atoms with Crippen molar-refractivity contribution in [3.05, 3.63) is 0 Å². The first-order valence-electron chi connectivity index (χ1n) is 8.64. The number of aliphatic imine (C=N–C) groups is 1. The van der Waals surface area contributed by atoms with Gasteiger partial charge in [-0.15, -0.1) is 0 Å². The Hall–Kier alpha value is -0.980. The standard InChI is InChI=1S/C16H31F3N4/c1-4-20-15(21-8-7-16(17,18)19)22-12-14(11-13(2)3)23-9-5-6-10-23/h13-14H,4-12H2,1-3H3,(H2,20,21,22). The number of guanidine groups is 1. The molecule has 2 N–H and O–H groups in total. The Kier molecular flexibility index (Phi) is 8.73. The molecule has 136 valence electrons. The molecule has 0 saturated carbocycles. The van der Waals surface area contributed by atoms with Gasteiger partial charge in [0, 0.05) is 19.1 Å². The van der Waals surface area contributed by atoms with Gasteiger partial charge >= 0.3 is 6.18 Å².